The summed E-state index contributed by atoms with van der Waals surface area (Å²) in [6.45, 7) is 1.61. The molecule has 0 aliphatic heterocycles. The van der Waals surface area contributed by atoms with Gasteiger partial charge in [-0.05, 0) is 6.92 Å². The molecule has 1 N–H and O–H groups in total. The average molecular weight is 274 g/mol. The summed E-state index contributed by atoms with van der Waals surface area (Å²) in [5.74, 6) is -3.42. The molecule has 0 unspecified atom stereocenters. The SMILES string of the molecule is Cc1nc(Cl)cc(Nc2cc(F)c(F)c(F)c2)n1. The third kappa shape index (κ3) is 2.70. The van der Waals surface area contributed by atoms with Gasteiger partial charge in [-0.3, -0.25) is 0 Å². The Balaban J connectivity index is 2.34. The van der Waals surface area contributed by atoms with Gasteiger partial charge >= 0.3 is 0 Å². The first-order chi connectivity index (χ1) is 8.45. The van der Waals surface area contributed by atoms with Crippen molar-refractivity contribution in [1.82, 2.24) is 9.97 Å². The van der Waals surface area contributed by atoms with Gasteiger partial charge in [-0.1, -0.05) is 11.6 Å². The Morgan fingerprint density at radius 3 is 2.22 bits per heavy atom. The van der Waals surface area contributed by atoms with Gasteiger partial charge in [0.2, 0.25) is 0 Å². The molecule has 0 aliphatic carbocycles. The number of hydrogen-bond donors (Lipinski definition) is 1. The summed E-state index contributed by atoms with van der Waals surface area (Å²) in [4.78, 5) is 7.80. The van der Waals surface area contributed by atoms with Crippen LogP contribution < -0.4 is 5.32 Å². The van der Waals surface area contributed by atoms with Crippen LogP contribution in [-0.2, 0) is 0 Å². The molecule has 3 nitrogen and oxygen atoms in total. The molecule has 1 aromatic carbocycles. The largest absolute Gasteiger partial charge is 0.340 e. The van der Waals surface area contributed by atoms with Crippen LogP contribution in [0, 0.1) is 24.4 Å². The van der Waals surface area contributed by atoms with E-state index in [1.165, 1.54) is 6.07 Å². The van der Waals surface area contributed by atoms with Crippen LogP contribution in [0.25, 0.3) is 0 Å². The standard InChI is InChI=1S/C11H7ClF3N3/c1-5-16-9(12)4-10(17-5)18-6-2-7(13)11(15)8(14)3-6/h2-4H,1H3,(H,16,17,18). The van der Waals surface area contributed by atoms with Crippen molar-refractivity contribution in [2.75, 3.05) is 5.32 Å². The van der Waals surface area contributed by atoms with Crippen molar-refractivity contribution >= 4 is 23.1 Å². The van der Waals surface area contributed by atoms with Crippen molar-refractivity contribution in [3.63, 3.8) is 0 Å². The van der Waals surface area contributed by atoms with E-state index in [9.17, 15) is 13.2 Å². The first-order valence-corrected chi connectivity index (χ1v) is 5.26. The molecule has 18 heavy (non-hydrogen) atoms. The highest BCUT2D eigenvalue weighted by molar-refractivity contribution is 6.29. The van der Waals surface area contributed by atoms with Gasteiger partial charge in [-0.2, -0.15) is 0 Å². The Bertz CT molecular complexity index is 561. The average Bonchev–Trinajstić information content (AvgIpc) is 2.24. The van der Waals surface area contributed by atoms with E-state index in [-0.39, 0.29) is 16.7 Å². The highest BCUT2D eigenvalue weighted by Crippen LogP contribution is 2.21. The smallest absolute Gasteiger partial charge is 0.194 e. The van der Waals surface area contributed by atoms with Crippen LogP contribution in [0.3, 0.4) is 0 Å². The van der Waals surface area contributed by atoms with E-state index < -0.39 is 17.5 Å². The lowest BCUT2D eigenvalue weighted by Gasteiger charge is -2.07. The molecule has 0 saturated carbocycles. The molecule has 0 saturated heterocycles. The third-order valence-electron chi connectivity index (χ3n) is 2.06. The van der Waals surface area contributed by atoms with Gasteiger partial charge in [0, 0.05) is 23.9 Å². The van der Waals surface area contributed by atoms with Gasteiger partial charge in [-0.25, -0.2) is 23.1 Å². The molecule has 0 bridgehead atoms. The van der Waals surface area contributed by atoms with E-state index in [0.29, 0.717) is 5.82 Å². The van der Waals surface area contributed by atoms with Gasteiger partial charge in [-0.15, -0.1) is 0 Å². The molecule has 0 fully saturated rings. The maximum Gasteiger partial charge on any atom is 0.194 e. The van der Waals surface area contributed by atoms with Crippen LogP contribution in [0.4, 0.5) is 24.7 Å². The summed E-state index contributed by atoms with van der Waals surface area (Å²) >= 11 is 5.70. The van der Waals surface area contributed by atoms with Crippen LogP contribution in [0.2, 0.25) is 5.15 Å². The minimum absolute atomic E-state index is 0.0283. The highest BCUT2D eigenvalue weighted by atomic mass is 35.5. The molecule has 0 amide bonds. The van der Waals surface area contributed by atoms with E-state index in [0.717, 1.165) is 12.1 Å². The fourth-order valence-electron chi connectivity index (χ4n) is 1.37. The predicted octanol–water partition coefficient (Wildman–Crippen LogP) is 3.60. The molecule has 0 atom stereocenters. The Labute approximate surface area is 106 Å². The van der Waals surface area contributed by atoms with Crippen LogP contribution in [0.15, 0.2) is 18.2 Å². The number of aromatic nitrogens is 2. The van der Waals surface area contributed by atoms with Crippen molar-refractivity contribution in [2.24, 2.45) is 0 Å². The Hall–Kier alpha value is -1.82. The van der Waals surface area contributed by atoms with Gasteiger partial charge in [0.15, 0.2) is 17.5 Å². The number of hydrogen-bond acceptors (Lipinski definition) is 3. The third-order valence-corrected chi connectivity index (χ3v) is 2.26. The summed E-state index contributed by atoms with van der Waals surface area (Å²) in [6, 6.07) is 3.03. The molecule has 1 aromatic heterocycles. The number of halogens is 4. The Morgan fingerprint density at radius 1 is 1.06 bits per heavy atom. The van der Waals surface area contributed by atoms with Gasteiger partial charge in [0.05, 0.1) is 0 Å². The topological polar surface area (TPSA) is 37.8 Å². The highest BCUT2D eigenvalue weighted by Gasteiger charge is 2.11. The van der Waals surface area contributed by atoms with E-state index in [1.807, 2.05) is 0 Å². The van der Waals surface area contributed by atoms with E-state index >= 15 is 0 Å². The summed E-state index contributed by atoms with van der Waals surface area (Å²) < 4.78 is 38.7. The quantitative estimate of drug-likeness (QED) is 0.671. The normalized spacial score (nSPS) is 10.5. The number of anilines is 2. The number of rotatable bonds is 2. The van der Waals surface area contributed by atoms with Crippen molar-refractivity contribution < 1.29 is 13.2 Å². The van der Waals surface area contributed by atoms with Gasteiger partial charge in [0.25, 0.3) is 0 Å². The predicted molar refractivity (Wildman–Crippen MR) is 61.4 cm³/mol. The first kappa shape index (κ1) is 12.6. The van der Waals surface area contributed by atoms with Crippen molar-refractivity contribution in [3.8, 4) is 0 Å². The summed E-state index contributed by atoms with van der Waals surface area (Å²) in [5.41, 5.74) is 0.0283. The number of benzene rings is 1. The zero-order valence-corrected chi connectivity index (χ0v) is 9.89. The van der Waals surface area contributed by atoms with Crippen LogP contribution in [-0.4, -0.2) is 9.97 Å². The lowest BCUT2D eigenvalue weighted by Crippen LogP contribution is -2.00. The second-order valence-corrected chi connectivity index (χ2v) is 3.89. The molecular formula is C11H7ClF3N3. The molecular weight excluding hydrogens is 267 g/mol. The number of aryl methyl sites for hydroxylation is 1. The summed E-state index contributed by atoms with van der Waals surface area (Å²) in [6.07, 6.45) is 0. The lowest BCUT2D eigenvalue weighted by molar-refractivity contribution is 0.448. The maximum absolute atomic E-state index is 13.0. The molecule has 2 aromatic rings. The van der Waals surface area contributed by atoms with Crippen molar-refractivity contribution in [3.05, 3.63) is 46.6 Å². The van der Waals surface area contributed by atoms with E-state index in [2.05, 4.69) is 15.3 Å². The Kier molecular flexibility index (Phi) is 3.38. The fraction of sp³-hybridized carbons (Fsp3) is 0.0909. The van der Waals surface area contributed by atoms with Gasteiger partial charge in [0.1, 0.15) is 16.8 Å². The molecule has 94 valence electrons. The summed E-state index contributed by atoms with van der Waals surface area (Å²) in [5, 5.41) is 2.80. The molecule has 2 rings (SSSR count). The maximum atomic E-state index is 13.0. The van der Waals surface area contributed by atoms with Gasteiger partial charge < -0.3 is 5.32 Å². The minimum atomic E-state index is -1.52. The zero-order chi connectivity index (χ0) is 13.3. The molecule has 0 spiro atoms. The first-order valence-electron chi connectivity index (χ1n) is 4.88. The van der Waals surface area contributed by atoms with E-state index in [4.69, 9.17) is 11.6 Å². The van der Waals surface area contributed by atoms with E-state index in [1.54, 1.807) is 6.92 Å². The van der Waals surface area contributed by atoms with Crippen molar-refractivity contribution in [2.45, 2.75) is 6.92 Å². The molecule has 0 radical (unpaired) electrons. The number of nitrogens with zero attached hydrogens (tertiary/aromatic N) is 2. The monoisotopic (exact) mass is 273 g/mol. The zero-order valence-electron chi connectivity index (χ0n) is 9.14. The molecule has 7 heteroatoms. The van der Waals surface area contributed by atoms with Crippen LogP contribution >= 0.6 is 11.6 Å². The number of nitrogens with one attached hydrogen (secondary N) is 1. The lowest BCUT2D eigenvalue weighted by atomic mass is 10.3. The summed E-state index contributed by atoms with van der Waals surface area (Å²) in [7, 11) is 0. The Morgan fingerprint density at radius 2 is 1.67 bits per heavy atom. The van der Waals surface area contributed by atoms with Crippen LogP contribution in [0.1, 0.15) is 5.82 Å². The molecule has 1 heterocycles. The van der Waals surface area contributed by atoms with Crippen LogP contribution in [0.5, 0.6) is 0 Å². The van der Waals surface area contributed by atoms with Crippen molar-refractivity contribution in [1.29, 1.82) is 0 Å². The molecule has 0 aliphatic rings. The second-order valence-electron chi connectivity index (χ2n) is 3.50. The fourth-order valence-corrected chi connectivity index (χ4v) is 1.60. The second kappa shape index (κ2) is 4.81. The minimum Gasteiger partial charge on any atom is -0.340 e.